The first-order valence-electron chi connectivity index (χ1n) is 8.03. The minimum Gasteiger partial charge on any atom is -0.472 e. The molecule has 1 aliphatic carbocycles. The van der Waals surface area contributed by atoms with E-state index in [1.165, 1.54) is 19.4 Å². The van der Waals surface area contributed by atoms with E-state index in [2.05, 4.69) is 10.2 Å². The van der Waals surface area contributed by atoms with Crippen LogP contribution in [-0.2, 0) is 6.54 Å². The summed E-state index contributed by atoms with van der Waals surface area (Å²) in [7, 11) is 0. The number of rotatable bonds is 6. The average molecular weight is 291 g/mol. The van der Waals surface area contributed by atoms with Crippen LogP contribution < -0.4 is 5.32 Å². The predicted octanol–water partition coefficient (Wildman–Crippen LogP) is 2.30. The van der Waals surface area contributed by atoms with Gasteiger partial charge in [-0.05, 0) is 38.2 Å². The summed E-state index contributed by atoms with van der Waals surface area (Å²) in [6.45, 7) is 6.67. The fraction of sp³-hybridized carbons (Fsp3) is 0.688. The van der Waals surface area contributed by atoms with Gasteiger partial charge in [0, 0.05) is 37.8 Å². The van der Waals surface area contributed by atoms with Gasteiger partial charge in [0.15, 0.2) is 0 Å². The monoisotopic (exact) mass is 291 g/mol. The molecule has 1 N–H and O–H groups in total. The fourth-order valence-electron chi connectivity index (χ4n) is 2.98. The Bertz CT molecular complexity index is 456. The molecule has 0 bridgehead atoms. The van der Waals surface area contributed by atoms with Gasteiger partial charge in [-0.25, -0.2) is 4.79 Å². The highest BCUT2D eigenvalue weighted by Crippen LogP contribution is 2.30. The summed E-state index contributed by atoms with van der Waals surface area (Å²) >= 11 is 0. The quantitative estimate of drug-likeness (QED) is 0.875. The van der Waals surface area contributed by atoms with Crippen molar-refractivity contribution in [2.75, 3.05) is 26.2 Å². The molecule has 2 fully saturated rings. The summed E-state index contributed by atoms with van der Waals surface area (Å²) in [6, 6.07) is 2.25. The van der Waals surface area contributed by atoms with Crippen LogP contribution in [0, 0.1) is 5.92 Å². The van der Waals surface area contributed by atoms with Crippen molar-refractivity contribution >= 4 is 6.03 Å². The van der Waals surface area contributed by atoms with Gasteiger partial charge in [-0.2, -0.15) is 0 Å². The van der Waals surface area contributed by atoms with E-state index in [1.54, 1.807) is 12.5 Å². The Kier molecular flexibility index (Phi) is 4.48. The van der Waals surface area contributed by atoms with Crippen molar-refractivity contribution in [2.24, 2.45) is 5.92 Å². The number of furan rings is 1. The Morgan fingerprint density at radius 2 is 2.33 bits per heavy atom. The van der Waals surface area contributed by atoms with Gasteiger partial charge in [-0.3, -0.25) is 0 Å². The molecule has 2 aliphatic rings. The summed E-state index contributed by atoms with van der Waals surface area (Å²) in [6.07, 6.45) is 7.20. The molecule has 5 heteroatoms. The zero-order chi connectivity index (χ0) is 14.7. The molecule has 1 aromatic heterocycles. The van der Waals surface area contributed by atoms with Crippen LogP contribution in [0.15, 0.2) is 23.0 Å². The molecule has 3 rings (SSSR count). The van der Waals surface area contributed by atoms with Crippen molar-refractivity contribution in [2.45, 2.75) is 38.8 Å². The number of likely N-dealkylation sites (tertiary alicyclic amines) is 1. The van der Waals surface area contributed by atoms with Crippen molar-refractivity contribution in [3.8, 4) is 0 Å². The van der Waals surface area contributed by atoms with Crippen LogP contribution in [0.5, 0.6) is 0 Å². The number of urea groups is 1. The maximum absolute atomic E-state index is 12.4. The number of hydrogen-bond acceptors (Lipinski definition) is 3. The Labute approximate surface area is 126 Å². The number of carbonyl (C=O) groups is 1. The van der Waals surface area contributed by atoms with Gasteiger partial charge in [0.25, 0.3) is 0 Å². The molecule has 1 aromatic rings. The van der Waals surface area contributed by atoms with Crippen molar-refractivity contribution < 1.29 is 9.21 Å². The molecule has 5 nitrogen and oxygen atoms in total. The number of nitrogens with zero attached hydrogens (tertiary/aromatic N) is 2. The molecule has 1 saturated heterocycles. The summed E-state index contributed by atoms with van der Waals surface area (Å²) in [5.74, 6) is 0.924. The SMILES string of the molecule is CCN(Cc1ccoc1)C(=O)N[C@@H]1CCN(CC2CC2)C1. The standard InChI is InChI=1S/C16H25N3O2/c1-2-19(10-14-6-8-21-12-14)16(20)17-15-5-7-18(11-15)9-13-3-4-13/h6,8,12-13,15H,2-5,7,9-11H2,1H3,(H,17,20)/t15-/m1/s1. The second-order valence-corrected chi connectivity index (χ2v) is 6.28. The second kappa shape index (κ2) is 6.52. The molecule has 0 aromatic carbocycles. The lowest BCUT2D eigenvalue weighted by atomic mass is 10.2. The first-order chi connectivity index (χ1) is 10.2. The molecule has 1 atom stereocenters. The summed E-state index contributed by atoms with van der Waals surface area (Å²) in [5.41, 5.74) is 1.04. The zero-order valence-corrected chi connectivity index (χ0v) is 12.8. The third kappa shape index (κ3) is 4.00. The first-order valence-corrected chi connectivity index (χ1v) is 8.03. The molecule has 0 spiro atoms. The highest BCUT2D eigenvalue weighted by molar-refractivity contribution is 5.74. The largest absolute Gasteiger partial charge is 0.472 e. The van der Waals surface area contributed by atoms with E-state index in [0.717, 1.165) is 31.0 Å². The second-order valence-electron chi connectivity index (χ2n) is 6.28. The highest BCUT2D eigenvalue weighted by atomic mass is 16.3. The van der Waals surface area contributed by atoms with Crippen molar-refractivity contribution in [3.05, 3.63) is 24.2 Å². The van der Waals surface area contributed by atoms with Gasteiger partial charge in [-0.15, -0.1) is 0 Å². The van der Waals surface area contributed by atoms with E-state index >= 15 is 0 Å². The lowest BCUT2D eigenvalue weighted by Gasteiger charge is -2.23. The van der Waals surface area contributed by atoms with Crippen LogP contribution in [0.1, 0.15) is 31.7 Å². The number of carbonyl (C=O) groups excluding carboxylic acids is 1. The van der Waals surface area contributed by atoms with E-state index in [4.69, 9.17) is 4.42 Å². The van der Waals surface area contributed by atoms with Crippen LogP contribution in [0.4, 0.5) is 4.79 Å². The van der Waals surface area contributed by atoms with E-state index in [-0.39, 0.29) is 6.03 Å². The maximum atomic E-state index is 12.4. The van der Waals surface area contributed by atoms with Crippen LogP contribution in [0.3, 0.4) is 0 Å². The summed E-state index contributed by atoms with van der Waals surface area (Å²) in [4.78, 5) is 16.7. The van der Waals surface area contributed by atoms with Gasteiger partial charge in [0.1, 0.15) is 0 Å². The smallest absolute Gasteiger partial charge is 0.317 e. The Morgan fingerprint density at radius 3 is 3.00 bits per heavy atom. The number of nitrogens with one attached hydrogen (secondary N) is 1. The lowest BCUT2D eigenvalue weighted by molar-refractivity contribution is 0.193. The topological polar surface area (TPSA) is 48.7 Å². The number of amides is 2. The van der Waals surface area contributed by atoms with Gasteiger partial charge >= 0.3 is 6.03 Å². The fourth-order valence-corrected chi connectivity index (χ4v) is 2.98. The normalized spacial score (nSPS) is 22.4. The minimum absolute atomic E-state index is 0.0389. The molecule has 2 amide bonds. The van der Waals surface area contributed by atoms with Crippen LogP contribution in [-0.4, -0.2) is 48.1 Å². The molecular weight excluding hydrogens is 266 g/mol. The van der Waals surface area contributed by atoms with Crippen molar-refractivity contribution in [3.63, 3.8) is 0 Å². The molecule has 1 aliphatic heterocycles. The molecule has 21 heavy (non-hydrogen) atoms. The zero-order valence-electron chi connectivity index (χ0n) is 12.8. The average Bonchev–Trinajstić information content (AvgIpc) is 2.96. The van der Waals surface area contributed by atoms with E-state index in [9.17, 15) is 4.79 Å². The van der Waals surface area contributed by atoms with E-state index in [0.29, 0.717) is 19.1 Å². The van der Waals surface area contributed by atoms with Gasteiger partial charge in [0.05, 0.1) is 19.1 Å². The molecular formula is C16H25N3O2. The molecule has 116 valence electrons. The Balaban J connectivity index is 1.45. The molecule has 0 radical (unpaired) electrons. The maximum Gasteiger partial charge on any atom is 0.317 e. The molecule has 1 saturated carbocycles. The minimum atomic E-state index is 0.0389. The van der Waals surface area contributed by atoms with Crippen LogP contribution >= 0.6 is 0 Å². The highest BCUT2D eigenvalue weighted by Gasteiger charge is 2.30. The van der Waals surface area contributed by atoms with Gasteiger partial charge in [-0.1, -0.05) is 0 Å². The number of hydrogen-bond donors (Lipinski definition) is 1. The summed E-state index contributed by atoms with van der Waals surface area (Å²) in [5, 5.41) is 3.18. The lowest BCUT2D eigenvalue weighted by Crippen LogP contribution is -2.45. The van der Waals surface area contributed by atoms with Crippen LogP contribution in [0.2, 0.25) is 0 Å². The summed E-state index contributed by atoms with van der Waals surface area (Å²) < 4.78 is 5.06. The Morgan fingerprint density at radius 1 is 1.48 bits per heavy atom. The molecule has 0 unspecified atom stereocenters. The Hall–Kier alpha value is -1.49. The third-order valence-corrected chi connectivity index (χ3v) is 4.44. The molecule has 2 heterocycles. The van der Waals surface area contributed by atoms with Gasteiger partial charge in [0.2, 0.25) is 0 Å². The van der Waals surface area contributed by atoms with E-state index in [1.807, 2.05) is 17.9 Å². The van der Waals surface area contributed by atoms with E-state index < -0.39 is 0 Å². The predicted molar refractivity (Wildman–Crippen MR) is 80.9 cm³/mol. The van der Waals surface area contributed by atoms with Crippen molar-refractivity contribution in [1.29, 1.82) is 0 Å². The third-order valence-electron chi connectivity index (χ3n) is 4.44. The first kappa shape index (κ1) is 14.4. The van der Waals surface area contributed by atoms with Gasteiger partial charge < -0.3 is 19.5 Å². The van der Waals surface area contributed by atoms with Crippen molar-refractivity contribution in [1.82, 2.24) is 15.1 Å². The van der Waals surface area contributed by atoms with Crippen LogP contribution in [0.25, 0.3) is 0 Å².